The lowest BCUT2D eigenvalue weighted by atomic mass is 9.98. The Hall–Kier alpha value is -3.72. The Balaban J connectivity index is 1.79. The molecule has 0 bridgehead atoms. The van der Waals surface area contributed by atoms with Gasteiger partial charge in [0.05, 0.1) is 30.7 Å². The summed E-state index contributed by atoms with van der Waals surface area (Å²) < 4.78 is 17.8. The molecule has 166 valence electrons. The van der Waals surface area contributed by atoms with Crippen LogP contribution in [0.4, 0.5) is 5.95 Å². The molecule has 8 nitrogen and oxygen atoms in total. The van der Waals surface area contributed by atoms with Crippen LogP contribution in [0.25, 0.3) is 11.0 Å². The highest BCUT2D eigenvalue weighted by atomic mass is 79.9. The standard InChI is InChI=1S/C24H18BrN3O5/c1-3-32-17-7-5-13(11-18(17)31-2)20-19-21(29)15-12-14(25)6-8-16(15)33-22(19)23(30)28(20)24-26-9-4-10-27-24/h4-12,20H,3H2,1-2H3. The van der Waals surface area contributed by atoms with Crippen molar-refractivity contribution in [3.05, 3.63) is 86.4 Å². The lowest BCUT2D eigenvalue weighted by Gasteiger charge is -2.23. The highest BCUT2D eigenvalue weighted by Crippen LogP contribution is 2.42. The summed E-state index contributed by atoms with van der Waals surface area (Å²) in [5, 5.41) is 0.370. The van der Waals surface area contributed by atoms with Crippen LogP contribution in [0.3, 0.4) is 0 Å². The Morgan fingerprint density at radius 2 is 1.88 bits per heavy atom. The van der Waals surface area contributed by atoms with Crippen molar-refractivity contribution in [2.75, 3.05) is 18.6 Å². The molecule has 1 unspecified atom stereocenters. The molecule has 4 aromatic rings. The number of benzene rings is 2. The van der Waals surface area contributed by atoms with Crippen LogP contribution in [0.5, 0.6) is 11.5 Å². The number of anilines is 1. The van der Waals surface area contributed by atoms with Crippen molar-refractivity contribution in [1.82, 2.24) is 9.97 Å². The summed E-state index contributed by atoms with van der Waals surface area (Å²) in [6.45, 7) is 2.34. The van der Waals surface area contributed by atoms with E-state index in [9.17, 15) is 9.59 Å². The molecule has 1 amide bonds. The Morgan fingerprint density at radius 1 is 1.09 bits per heavy atom. The summed E-state index contributed by atoms with van der Waals surface area (Å²) in [7, 11) is 1.53. The van der Waals surface area contributed by atoms with Gasteiger partial charge in [-0.2, -0.15) is 0 Å². The van der Waals surface area contributed by atoms with Crippen LogP contribution in [-0.4, -0.2) is 29.6 Å². The molecule has 0 radical (unpaired) electrons. The number of carbonyl (C=O) groups excluding carboxylic acids is 1. The Kier molecular flexibility index (Phi) is 5.33. The van der Waals surface area contributed by atoms with Crippen LogP contribution in [0.2, 0.25) is 0 Å². The van der Waals surface area contributed by atoms with Gasteiger partial charge in [-0.15, -0.1) is 0 Å². The monoisotopic (exact) mass is 507 g/mol. The first kappa shape index (κ1) is 21.1. The van der Waals surface area contributed by atoms with E-state index in [1.807, 2.05) is 6.92 Å². The Bertz CT molecular complexity index is 1440. The van der Waals surface area contributed by atoms with Gasteiger partial charge in [0.2, 0.25) is 11.7 Å². The second-order valence-corrected chi connectivity index (χ2v) is 8.20. The molecule has 33 heavy (non-hydrogen) atoms. The van der Waals surface area contributed by atoms with Crippen LogP contribution in [-0.2, 0) is 0 Å². The fourth-order valence-electron chi connectivity index (χ4n) is 4.01. The predicted molar refractivity (Wildman–Crippen MR) is 125 cm³/mol. The summed E-state index contributed by atoms with van der Waals surface area (Å²) in [5.74, 6) is 0.690. The molecule has 1 atom stereocenters. The molecular formula is C24H18BrN3O5. The number of amides is 1. The van der Waals surface area contributed by atoms with Gasteiger partial charge in [-0.1, -0.05) is 22.0 Å². The minimum atomic E-state index is -0.806. The van der Waals surface area contributed by atoms with E-state index in [-0.39, 0.29) is 22.7 Å². The van der Waals surface area contributed by atoms with E-state index in [4.69, 9.17) is 13.9 Å². The second kappa shape index (κ2) is 8.32. The van der Waals surface area contributed by atoms with E-state index in [1.165, 1.54) is 24.4 Å². The molecule has 0 fully saturated rings. The number of hydrogen-bond acceptors (Lipinski definition) is 7. The summed E-state index contributed by atoms with van der Waals surface area (Å²) >= 11 is 3.40. The average molecular weight is 508 g/mol. The Labute approximate surface area is 196 Å². The molecular weight excluding hydrogens is 490 g/mol. The van der Waals surface area contributed by atoms with Crippen molar-refractivity contribution in [3.63, 3.8) is 0 Å². The van der Waals surface area contributed by atoms with Gasteiger partial charge >= 0.3 is 0 Å². The van der Waals surface area contributed by atoms with Crippen molar-refractivity contribution in [2.24, 2.45) is 0 Å². The summed E-state index contributed by atoms with van der Waals surface area (Å²) in [6, 6.07) is 11.2. The highest BCUT2D eigenvalue weighted by Gasteiger charge is 2.45. The van der Waals surface area contributed by atoms with E-state index in [1.54, 1.807) is 42.5 Å². The quantitative estimate of drug-likeness (QED) is 0.392. The number of rotatable bonds is 5. The van der Waals surface area contributed by atoms with Gasteiger partial charge in [-0.3, -0.25) is 14.5 Å². The lowest BCUT2D eigenvalue weighted by Crippen LogP contribution is -2.31. The maximum absolute atomic E-state index is 13.6. The van der Waals surface area contributed by atoms with Crippen molar-refractivity contribution in [1.29, 1.82) is 0 Å². The van der Waals surface area contributed by atoms with Crippen LogP contribution >= 0.6 is 15.9 Å². The van der Waals surface area contributed by atoms with E-state index in [0.29, 0.717) is 34.6 Å². The fraction of sp³-hybridized carbons (Fsp3) is 0.167. The molecule has 0 N–H and O–H groups in total. The zero-order chi connectivity index (χ0) is 23.1. The molecule has 0 aliphatic carbocycles. The number of aromatic nitrogens is 2. The minimum absolute atomic E-state index is 0.0277. The van der Waals surface area contributed by atoms with Crippen LogP contribution in [0.15, 0.2) is 68.5 Å². The zero-order valence-electron chi connectivity index (χ0n) is 17.7. The number of hydrogen-bond donors (Lipinski definition) is 0. The van der Waals surface area contributed by atoms with Crippen molar-refractivity contribution in [2.45, 2.75) is 13.0 Å². The highest BCUT2D eigenvalue weighted by molar-refractivity contribution is 9.10. The molecule has 9 heteroatoms. The number of fused-ring (bicyclic) bond motifs is 2. The largest absolute Gasteiger partial charge is 0.493 e. The first-order valence-electron chi connectivity index (χ1n) is 10.2. The molecule has 0 spiro atoms. The third-order valence-corrected chi connectivity index (χ3v) is 5.90. The predicted octanol–water partition coefficient (Wildman–Crippen LogP) is 4.50. The number of nitrogens with zero attached hydrogens (tertiary/aromatic N) is 3. The number of methoxy groups -OCH3 is 1. The fourth-order valence-corrected chi connectivity index (χ4v) is 4.37. The summed E-state index contributed by atoms with van der Waals surface area (Å²) in [6.07, 6.45) is 3.08. The van der Waals surface area contributed by atoms with E-state index < -0.39 is 11.9 Å². The van der Waals surface area contributed by atoms with Gasteiger partial charge in [0.15, 0.2) is 16.9 Å². The first-order chi connectivity index (χ1) is 16.0. The minimum Gasteiger partial charge on any atom is -0.493 e. The zero-order valence-corrected chi connectivity index (χ0v) is 19.3. The van der Waals surface area contributed by atoms with Crippen molar-refractivity contribution >= 4 is 38.8 Å². The van der Waals surface area contributed by atoms with Gasteiger partial charge < -0.3 is 13.9 Å². The topological polar surface area (TPSA) is 94.8 Å². The van der Waals surface area contributed by atoms with Crippen LogP contribution in [0.1, 0.15) is 34.6 Å². The van der Waals surface area contributed by atoms with Gasteiger partial charge in [-0.05, 0) is 48.9 Å². The number of carbonyl (C=O) groups is 1. The third kappa shape index (κ3) is 3.45. The van der Waals surface area contributed by atoms with E-state index >= 15 is 0 Å². The molecule has 1 aliphatic heterocycles. The molecule has 5 rings (SSSR count). The van der Waals surface area contributed by atoms with Crippen molar-refractivity contribution in [3.8, 4) is 11.5 Å². The van der Waals surface area contributed by atoms with Gasteiger partial charge in [-0.25, -0.2) is 9.97 Å². The normalized spacial score (nSPS) is 15.1. The van der Waals surface area contributed by atoms with Gasteiger partial charge in [0.1, 0.15) is 5.58 Å². The SMILES string of the molecule is CCOc1ccc(C2c3c(oc4ccc(Br)cc4c3=O)C(=O)N2c2ncccn2)cc1OC. The Morgan fingerprint density at radius 3 is 2.61 bits per heavy atom. The first-order valence-corrected chi connectivity index (χ1v) is 11.0. The maximum atomic E-state index is 13.6. The number of ether oxygens (including phenoxy) is 2. The molecule has 2 aromatic carbocycles. The van der Waals surface area contributed by atoms with Gasteiger partial charge in [0.25, 0.3) is 5.91 Å². The molecule has 0 saturated carbocycles. The maximum Gasteiger partial charge on any atom is 0.297 e. The average Bonchev–Trinajstić information content (AvgIpc) is 3.13. The number of halogens is 1. The molecule has 3 heterocycles. The molecule has 2 aromatic heterocycles. The summed E-state index contributed by atoms with van der Waals surface area (Å²) in [5.41, 5.74) is 0.895. The smallest absolute Gasteiger partial charge is 0.297 e. The van der Waals surface area contributed by atoms with Gasteiger partial charge in [0, 0.05) is 16.9 Å². The second-order valence-electron chi connectivity index (χ2n) is 7.28. The molecule has 0 saturated heterocycles. The molecule has 1 aliphatic rings. The van der Waals surface area contributed by atoms with E-state index in [2.05, 4.69) is 25.9 Å². The lowest BCUT2D eigenvalue weighted by molar-refractivity contribution is 0.0969. The van der Waals surface area contributed by atoms with E-state index in [0.717, 1.165) is 4.47 Å². The van der Waals surface area contributed by atoms with Crippen molar-refractivity contribution < 1.29 is 18.7 Å². The van der Waals surface area contributed by atoms with Crippen LogP contribution < -0.4 is 19.8 Å². The van der Waals surface area contributed by atoms with Crippen LogP contribution in [0, 0.1) is 0 Å². The summed E-state index contributed by atoms with van der Waals surface area (Å²) in [4.78, 5) is 37.1. The third-order valence-electron chi connectivity index (χ3n) is 5.40.